The summed E-state index contributed by atoms with van der Waals surface area (Å²) in [6, 6.07) is 19.2. The SMILES string of the molecule is CNc1c2c(=O)[nH]c3ccccc3c2nn1-c1ccc(Oc2ccccc2)cc1C(F)(F)F. The van der Waals surface area contributed by atoms with Crippen LogP contribution in [-0.2, 0) is 6.18 Å². The quantitative estimate of drug-likeness (QED) is 0.367. The number of ether oxygens (including phenoxy) is 1. The molecule has 166 valence electrons. The summed E-state index contributed by atoms with van der Waals surface area (Å²) >= 11 is 0. The first-order valence-corrected chi connectivity index (χ1v) is 10.0. The predicted octanol–water partition coefficient (Wildman–Crippen LogP) is 5.72. The number of alkyl halides is 3. The minimum atomic E-state index is -4.69. The molecule has 0 fully saturated rings. The molecular formula is C24H17F3N4O2. The number of halogens is 3. The number of aromatic amines is 1. The number of nitrogens with zero attached hydrogens (tertiary/aromatic N) is 2. The first-order chi connectivity index (χ1) is 15.9. The Bertz CT molecular complexity index is 1540. The van der Waals surface area contributed by atoms with Crippen molar-refractivity contribution in [3.63, 3.8) is 0 Å². The molecular weight excluding hydrogens is 433 g/mol. The third-order valence-electron chi connectivity index (χ3n) is 5.26. The number of fused-ring (bicyclic) bond motifs is 3. The van der Waals surface area contributed by atoms with Crippen LogP contribution in [0.1, 0.15) is 5.56 Å². The van der Waals surface area contributed by atoms with Gasteiger partial charge in [0.05, 0.1) is 16.8 Å². The largest absolute Gasteiger partial charge is 0.457 e. The maximum absolute atomic E-state index is 14.1. The van der Waals surface area contributed by atoms with Gasteiger partial charge in [0.25, 0.3) is 5.56 Å². The van der Waals surface area contributed by atoms with Crippen molar-refractivity contribution in [3.05, 3.63) is 88.7 Å². The molecule has 2 aromatic heterocycles. The van der Waals surface area contributed by atoms with E-state index < -0.39 is 17.3 Å². The van der Waals surface area contributed by atoms with Crippen LogP contribution in [0.3, 0.4) is 0 Å². The van der Waals surface area contributed by atoms with Gasteiger partial charge in [0.15, 0.2) is 0 Å². The maximum Gasteiger partial charge on any atom is 0.418 e. The van der Waals surface area contributed by atoms with Crippen molar-refractivity contribution < 1.29 is 17.9 Å². The second-order valence-corrected chi connectivity index (χ2v) is 7.33. The summed E-state index contributed by atoms with van der Waals surface area (Å²) in [6.07, 6.45) is -4.69. The molecule has 6 nitrogen and oxygen atoms in total. The molecule has 0 unspecified atom stereocenters. The third-order valence-corrected chi connectivity index (χ3v) is 5.26. The maximum atomic E-state index is 14.1. The summed E-state index contributed by atoms with van der Waals surface area (Å²) < 4.78 is 49.0. The van der Waals surface area contributed by atoms with Crippen molar-refractivity contribution in [2.75, 3.05) is 12.4 Å². The number of H-pyrrole nitrogens is 1. The van der Waals surface area contributed by atoms with Crippen molar-refractivity contribution in [3.8, 4) is 17.2 Å². The summed E-state index contributed by atoms with van der Waals surface area (Å²) in [5, 5.41) is 8.06. The Kier molecular flexibility index (Phi) is 4.81. The average molecular weight is 450 g/mol. The van der Waals surface area contributed by atoms with E-state index in [1.165, 1.54) is 19.2 Å². The van der Waals surface area contributed by atoms with Gasteiger partial charge in [-0.2, -0.15) is 18.3 Å². The smallest absolute Gasteiger partial charge is 0.418 e. The zero-order valence-corrected chi connectivity index (χ0v) is 17.3. The lowest BCUT2D eigenvalue weighted by atomic mass is 10.1. The normalized spacial score (nSPS) is 11.8. The van der Waals surface area contributed by atoms with E-state index in [0.717, 1.165) is 10.7 Å². The highest BCUT2D eigenvalue weighted by atomic mass is 19.4. The minimum absolute atomic E-state index is 0.0308. The molecule has 0 radical (unpaired) electrons. The van der Waals surface area contributed by atoms with E-state index in [1.807, 2.05) is 0 Å². The number of hydrogen-bond acceptors (Lipinski definition) is 4. The molecule has 0 bridgehead atoms. The van der Waals surface area contributed by atoms with Gasteiger partial charge in [0, 0.05) is 12.4 Å². The molecule has 0 saturated carbocycles. The Hall–Kier alpha value is -4.27. The van der Waals surface area contributed by atoms with Crippen LogP contribution in [0.5, 0.6) is 11.5 Å². The Morgan fingerprint density at radius 3 is 2.42 bits per heavy atom. The standard InChI is InChI=1S/C24H17F3N4O2/c1-28-22-20-21(16-9-5-6-10-18(16)29-23(20)32)30-31(22)19-12-11-15(13-17(19)24(25,26)27)33-14-7-3-2-4-8-14/h2-13,28H,1H3,(H,29,32). The molecule has 0 spiro atoms. The summed E-state index contributed by atoms with van der Waals surface area (Å²) in [5.74, 6) is 0.597. The minimum Gasteiger partial charge on any atom is -0.457 e. The van der Waals surface area contributed by atoms with Gasteiger partial charge in [-0.25, -0.2) is 4.68 Å². The lowest BCUT2D eigenvalue weighted by Crippen LogP contribution is -2.13. The van der Waals surface area contributed by atoms with Gasteiger partial charge in [-0.15, -0.1) is 0 Å². The van der Waals surface area contributed by atoms with Gasteiger partial charge in [0.1, 0.15) is 28.2 Å². The molecule has 5 rings (SSSR count). The van der Waals surface area contributed by atoms with E-state index in [9.17, 15) is 18.0 Å². The number of hydrogen-bond donors (Lipinski definition) is 2. The van der Waals surface area contributed by atoms with Crippen LogP contribution >= 0.6 is 0 Å². The van der Waals surface area contributed by atoms with Crippen LogP contribution in [0.15, 0.2) is 77.6 Å². The Morgan fingerprint density at radius 1 is 0.970 bits per heavy atom. The topological polar surface area (TPSA) is 71.9 Å². The molecule has 0 aliphatic carbocycles. The molecule has 33 heavy (non-hydrogen) atoms. The van der Waals surface area contributed by atoms with Gasteiger partial charge in [-0.1, -0.05) is 36.4 Å². The van der Waals surface area contributed by atoms with Gasteiger partial charge >= 0.3 is 6.18 Å². The molecule has 0 saturated heterocycles. The number of rotatable bonds is 4. The fourth-order valence-corrected chi connectivity index (χ4v) is 3.83. The van der Waals surface area contributed by atoms with E-state index in [1.54, 1.807) is 54.6 Å². The van der Waals surface area contributed by atoms with Crippen LogP contribution in [0.2, 0.25) is 0 Å². The molecule has 0 amide bonds. The van der Waals surface area contributed by atoms with Crippen molar-refractivity contribution in [1.29, 1.82) is 0 Å². The summed E-state index contributed by atoms with van der Waals surface area (Å²) in [5.41, 5.74) is -0.772. The van der Waals surface area contributed by atoms with Gasteiger partial charge in [-0.3, -0.25) is 4.79 Å². The highest BCUT2D eigenvalue weighted by Gasteiger charge is 2.36. The fourth-order valence-electron chi connectivity index (χ4n) is 3.83. The van der Waals surface area contributed by atoms with Gasteiger partial charge in [0.2, 0.25) is 0 Å². The highest BCUT2D eigenvalue weighted by Crippen LogP contribution is 2.39. The molecule has 9 heteroatoms. The van der Waals surface area contributed by atoms with Crippen molar-refractivity contribution in [2.45, 2.75) is 6.18 Å². The molecule has 0 atom stereocenters. The van der Waals surface area contributed by atoms with Crippen LogP contribution < -0.4 is 15.6 Å². The zero-order chi connectivity index (χ0) is 23.2. The monoisotopic (exact) mass is 450 g/mol. The van der Waals surface area contributed by atoms with Crippen LogP contribution in [0.25, 0.3) is 27.5 Å². The number of anilines is 1. The lowest BCUT2D eigenvalue weighted by Gasteiger charge is -2.16. The fraction of sp³-hybridized carbons (Fsp3) is 0.0833. The summed E-state index contributed by atoms with van der Waals surface area (Å²) in [7, 11) is 1.53. The Balaban J connectivity index is 1.74. The van der Waals surface area contributed by atoms with Gasteiger partial charge in [-0.05, 0) is 36.4 Å². The lowest BCUT2D eigenvalue weighted by molar-refractivity contribution is -0.137. The number of nitrogens with one attached hydrogen (secondary N) is 2. The molecule has 5 aromatic rings. The number of aromatic nitrogens is 3. The molecule has 2 heterocycles. The third kappa shape index (κ3) is 3.57. The van der Waals surface area contributed by atoms with Crippen LogP contribution in [0.4, 0.5) is 19.0 Å². The van der Waals surface area contributed by atoms with Crippen molar-refractivity contribution >= 4 is 27.6 Å². The van der Waals surface area contributed by atoms with E-state index in [-0.39, 0.29) is 22.6 Å². The number of benzene rings is 3. The molecule has 0 aliphatic heterocycles. The summed E-state index contributed by atoms with van der Waals surface area (Å²) in [6.45, 7) is 0. The van der Waals surface area contributed by atoms with E-state index in [0.29, 0.717) is 22.2 Å². The number of para-hydroxylation sites is 2. The second kappa shape index (κ2) is 7.70. The Labute approximate surface area is 185 Å². The average Bonchev–Trinajstić information content (AvgIpc) is 3.20. The first kappa shape index (κ1) is 20.6. The van der Waals surface area contributed by atoms with Crippen molar-refractivity contribution in [1.82, 2.24) is 14.8 Å². The molecule has 2 N–H and O–H groups in total. The van der Waals surface area contributed by atoms with E-state index in [2.05, 4.69) is 15.4 Å². The second-order valence-electron chi connectivity index (χ2n) is 7.33. The zero-order valence-electron chi connectivity index (χ0n) is 17.3. The van der Waals surface area contributed by atoms with Gasteiger partial charge < -0.3 is 15.0 Å². The highest BCUT2D eigenvalue weighted by molar-refractivity contribution is 6.07. The summed E-state index contributed by atoms with van der Waals surface area (Å²) in [4.78, 5) is 15.5. The van der Waals surface area contributed by atoms with E-state index >= 15 is 0 Å². The predicted molar refractivity (Wildman–Crippen MR) is 120 cm³/mol. The Morgan fingerprint density at radius 2 is 1.70 bits per heavy atom. The van der Waals surface area contributed by atoms with Crippen LogP contribution in [0, 0.1) is 0 Å². The molecule has 0 aliphatic rings. The number of pyridine rings is 1. The molecule has 3 aromatic carbocycles. The van der Waals surface area contributed by atoms with Crippen LogP contribution in [-0.4, -0.2) is 21.8 Å². The first-order valence-electron chi connectivity index (χ1n) is 10.0. The van der Waals surface area contributed by atoms with Crippen molar-refractivity contribution in [2.24, 2.45) is 0 Å². The van der Waals surface area contributed by atoms with E-state index in [4.69, 9.17) is 4.74 Å².